The lowest BCUT2D eigenvalue weighted by Crippen LogP contribution is -2.50. The largest absolute Gasteiger partial charge is 0.362 e. The second-order valence-electron chi connectivity index (χ2n) is 10.00. The third-order valence-electron chi connectivity index (χ3n) is 7.75. The molecule has 1 saturated heterocycles. The lowest BCUT2D eigenvalue weighted by molar-refractivity contribution is -0.127. The van der Waals surface area contributed by atoms with E-state index in [2.05, 4.69) is 57.8 Å². The summed E-state index contributed by atoms with van der Waals surface area (Å²) in [6.45, 7) is 4.18. The number of fused-ring (bicyclic) bond motifs is 1. The minimum Gasteiger partial charge on any atom is -0.362 e. The molecule has 1 N–H and O–H groups in total. The van der Waals surface area contributed by atoms with Crippen LogP contribution in [0, 0.1) is 0 Å². The van der Waals surface area contributed by atoms with Crippen LogP contribution in [0.4, 0.5) is 10.2 Å². The molecule has 3 heterocycles. The number of halogens is 1. The molecule has 1 fully saturated rings. The van der Waals surface area contributed by atoms with Gasteiger partial charge in [-0.15, -0.1) is 0 Å². The number of piperidine rings is 1. The number of carbonyl (C=O) groups excluding carboxylic acids is 1. The van der Waals surface area contributed by atoms with Crippen LogP contribution in [-0.4, -0.2) is 50.6 Å². The Morgan fingerprint density at radius 2 is 1.48 bits per heavy atom. The Hall–Kier alpha value is -4.78. The molecule has 0 spiro atoms. The summed E-state index contributed by atoms with van der Waals surface area (Å²) in [6, 6.07) is 32.5. The molecule has 6 rings (SSSR count). The molecule has 0 saturated carbocycles. The van der Waals surface area contributed by atoms with Gasteiger partial charge in [0.1, 0.15) is 29.5 Å². The van der Waals surface area contributed by atoms with Crippen molar-refractivity contribution in [1.29, 1.82) is 0 Å². The van der Waals surface area contributed by atoms with Crippen molar-refractivity contribution in [2.75, 3.05) is 18.4 Å². The van der Waals surface area contributed by atoms with Crippen LogP contribution in [0.3, 0.4) is 0 Å². The fourth-order valence-corrected chi connectivity index (χ4v) is 5.86. The molecule has 1 aliphatic heterocycles. The van der Waals surface area contributed by atoms with Crippen LogP contribution in [0.1, 0.15) is 23.1 Å². The van der Waals surface area contributed by atoms with E-state index in [1.807, 2.05) is 66.9 Å². The van der Waals surface area contributed by atoms with E-state index < -0.39 is 17.8 Å². The van der Waals surface area contributed by atoms with Crippen molar-refractivity contribution < 1.29 is 9.18 Å². The molecule has 7 heteroatoms. The first-order chi connectivity index (χ1) is 19.6. The number of likely N-dealkylation sites (tertiary alicyclic amines) is 1. The SMILES string of the molecule is C=CC(=O)N1CC[C@H](F)[C@@H](Nc2ncnc3c2ccn3C(c2ccccc2)(c2ccccc2)c2ccccc2)C1. The highest BCUT2D eigenvalue weighted by Gasteiger charge is 2.40. The van der Waals surface area contributed by atoms with Gasteiger partial charge >= 0.3 is 0 Å². The van der Waals surface area contributed by atoms with Crippen LogP contribution in [-0.2, 0) is 10.3 Å². The summed E-state index contributed by atoms with van der Waals surface area (Å²) in [4.78, 5) is 23.1. The van der Waals surface area contributed by atoms with Crippen LogP contribution in [0.15, 0.2) is 122 Å². The second kappa shape index (κ2) is 10.8. The van der Waals surface area contributed by atoms with Crippen molar-refractivity contribution in [3.8, 4) is 0 Å². The Bertz CT molecular complexity index is 1520. The molecule has 200 valence electrons. The fourth-order valence-electron chi connectivity index (χ4n) is 5.86. The van der Waals surface area contributed by atoms with E-state index in [0.29, 0.717) is 18.0 Å². The van der Waals surface area contributed by atoms with Gasteiger partial charge < -0.3 is 14.8 Å². The van der Waals surface area contributed by atoms with E-state index >= 15 is 4.39 Å². The first kappa shape index (κ1) is 25.5. The Kier molecular flexibility index (Phi) is 6.86. The number of hydrogen-bond acceptors (Lipinski definition) is 4. The summed E-state index contributed by atoms with van der Waals surface area (Å²) >= 11 is 0. The molecule has 0 unspecified atom stereocenters. The van der Waals surface area contributed by atoms with E-state index in [4.69, 9.17) is 4.98 Å². The van der Waals surface area contributed by atoms with Crippen molar-refractivity contribution in [2.45, 2.75) is 24.2 Å². The number of carbonyl (C=O) groups is 1. The van der Waals surface area contributed by atoms with Crippen LogP contribution < -0.4 is 5.32 Å². The molecule has 2 atom stereocenters. The van der Waals surface area contributed by atoms with Gasteiger partial charge in [-0.25, -0.2) is 14.4 Å². The summed E-state index contributed by atoms with van der Waals surface area (Å²) in [5.74, 6) is 0.337. The van der Waals surface area contributed by atoms with Crippen molar-refractivity contribution >= 4 is 22.8 Å². The molecule has 40 heavy (non-hydrogen) atoms. The smallest absolute Gasteiger partial charge is 0.246 e. The van der Waals surface area contributed by atoms with Gasteiger partial charge in [0, 0.05) is 19.3 Å². The maximum atomic E-state index is 15.1. The Morgan fingerprint density at radius 3 is 2.02 bits per heavy atom. The number of nitrogens with one attached hydrogen (secondary N) is 1. The summed E-state index contributed by atoms with van der Waals surface area (Å²) in [5.41, 5.74) is 3.20. The molecule has 1 amide bonds. The molecule has 5 aromatic rings. The van der Waals surface area contributed by atoms with Crippen LogP contribution >= 0.6 is 0 Å². The summed E-state index contributed by atoms with van der Waals surface area (Å²) in [6.07, 6.45) is 3.95. The third kappa shape index (κ3) is 4.33. The van der Waals surface area contributed by atoms with Gasteiger partial charge in [-0.2, -0.15) is 0 Å². The quantitative estimate of drug-likeness (QED) is 0.213. The van der Waals surface area contributed by atoms with Gasteiger partial charge in [-0.1, -0.05) is 97.6 Å². The predicted molar refractivity (Wildman–Crippen MR) is 156 cm³/mol. The first-order valence-corrected chi connectivity index (χ1v) is 13.4. The summed E-state index contributed by atoms with van der Waals surface area (Å²) < 4.78 is 17.2. The summed E-state index contributed by atoms with van der Waals surface area (Å²) in [7, 11) is 0. The lowest BCUT2D eigenvalue weighted by atomic mass is 9.76. The zero-order valence-corrected chi connectivity index (χ0v) is 22.0. The van der Waals surface area contributed by atoms with Crippen molar-refractivity contribution in [1.82, 2.24) is 19.4 Å². The maximum Gasteiger partial charge on any atom is 0.246 e. The molecular formula is C33H30FN5O. The average molecular weight is 532 g/mol. The van der Waals surface area contributed by atoms with Crippen LogP contribution in [0.5, 0.6) is 0 Å². The molecule has 2 aromatic heterocycles. The van der Waals surface area contributed by atoms with Gasteiger partial charge in [0.2, 0.25) is 5.91 Å². The zero-order valence-electron chi connectivity index (χ0n) is 22.0. The minimum atomic E-state index is -1.11. The first-order valence-electron chi connectivity index (χ1n) is 13.4. The Balaban J connectivity index is 1.52. The number of amides is 1. The summed E-state index contributed by atoms with van der Waals surface area (Å²) in [5, 5.41) is 4.07. The zero-order chi connectivity index (χ0) is 27.5. The number of nitrogens with zero attached hydrogens (tertiary/aromatic N) is 4. The number of hydrogen-bond donors (Lipinski definition) is 1. The Labute approximate surface area is 232 Å². The average Bonchev–Trinajstić information content (AvgIpc) is 3.45. The van der Waals surface area contributed by atoms with Gasteiger partial charge in [0.25, 0.3) is 0 Å². The van der Waals surface area contributed by atoms with Crippen molar-refractivity contribution in [3.05, 3.63) is 139 Å². The minimum absolute atomic E-state index is 0.198. The van der Waals surface area contributed by atoms with Crippen LogP contribution in [0.25, 0.3) is 11.0 Å². The maximum absolute atomic E-state index is 15.1. The molecule has 0 aliphatic carbocycles. The number of anilines is 1. The normalized spacial score (nSPS) is 17.5. The number of benzene rings is 3. The fraction of sp³-hybridized carbons (Fsp3) is 0.182. The monoisotopic (exact) mass is 531 g/mol. The van der Waals surface area contributed by atoms with E-state index in [1.54, 1.807) is 4.90 Å². The van der Waals surface area contributed by atoms with Gasteiger partial charge in [0.15, 0.2) is 0 Å². The molecule has 0 radical (unpaired) electrons. The van der Waals surface area contributed by atoms with Crippen molar-refractivity contribution in [3.63, 3.8) is 0 Å². The molecule has 0 bridgehead atoms. The van der Waals surface area contributed by atoms with Gasteiger partial charge in [-0.05, 0) is 35.3 Å². The molecular weight excluding hydrogens is 501 g/mol. The number of alkyl halides is 1. The molecule has 6 nitrogen and oxygen atoms in total. The van der Waals surface area contributed by atoms with Crippen LogP contribution in [0.2, 0.25) is 0 Å². The van der Waals surface area contributed by atoms with E-state index in [1.165, 1.54) is 12.4 Å². The highest BCUT2D eigenvalue weighted by molar-refractivity contribution is 5.89. The highest BCUT2D eigenvalue weighted by atomic mass is 19.1. The third-order valence-corrected chi connectivity index (χ3v) is 7.75. The van der Waals surface area contributed by atoms with E-state index in [0.717, 1.165) is 22.1 Å². The predicted octanol–water partition coefficient (Wildman–Crippen LogP) is 5.81. The van der Waals surface area contributed by atoms with E-state index in [-0.39, 0.29) is 18.9 Å². The van der Waals surface area contributed by atoms with Gasteiger partial charge in [-0.3, -0.25) is 4.79 Å². The standard InChI is InChI=1S/C33H30FN5O/c1-2-30(40)38-20-19-28(34)29(22-38)37-31-27-18-21-39(32(27)36-23-35-31)33(24-12-6-3-7-13-24,25-14-8-4-9-15-25)26-16-10-5-11-17-26/h2-18,21,23,28-29H,1,19-20,22H2,(H,35,36,37)/t28-,29-/m0/s1. The number of rotatable bonds is 7. The topological polar surface area (TPSA) is 63.1 Å². The lowest BCUT2D eigenvalue weighted by Gasteiger charge is -2.38. The molecule has 3 aromatic carbocycles. The number of aromatic nitrogens is 3. The highest BCUT2D eigenvalue weighted by Crippen LogP contribution is 2.43. The molecule has 1 aliphatic rings. The van der Waals surface area contributed by atoms with Crippen molar-refractivity contribution in [2.24, 2.45) is 0 Å². The van der Waals surface area contributed by atoms with E-state index in [9.17, 15) is 4.79 Å². The second-order valence-corrected chi connectivity index (χ2v) is 10.00. The Morgan fingerprint density at radius 1 is 0.900 bits per heavy atom. The van der Waals surface area contributed by atoms with Gasteiger partial charge in [0.05, 0.1) is 11.4 Å².